The normalized spacial score (nSPS) is 10.7. The fraction of sp³-hybridized carbons (Fsp3) is 0.364. The maximum absolute atomic E-state index is 11.9. The van der Waals surface area contributed by atoms with Crippen molar-refractivity contribution in [1.29, 1.82) is 0 Å². The van der Waals surface area contributed by atoms with Crippen molar-refractivity contribution in [1.82, 2.24) is 19.6 Å². The summed E-state index contributed by atoms with van der Waals surface area (Å²) in [6.45, 7) is 3.59. The summed E-state index contributed by atoms with van der Waals surface area (Å²) in [7, 11) is 0. The largest absolute Gasteiger partial charge is 0.459 e. The smallest absolute Gasteiger partial charge is 0.352 e. The number of nitrogens with zero attached hydrogens (tertiary/aromatic N) is 4. The average molecular weight is 296 g/mol. The Hall–Kier alpha value is -1.54. The second-order valence-corrected chi connectivity index (χ2v) is 5.39. The van der Waals surface area contributed by atoms with E-state index in [9.17, 15) is 4.79 Å². The van der Waals surface area contributed by atoms with Gasteiger partial charge in [-0.15, -0.1) is 5.10 Å². The quantitative estimate of drug-likeness (QED) is 0.486. The summed E-state index contributed by atoms with van der Waals surface area (Å²) in [5.41, 5.74) is 1.12. The van der Waals surface area contributed by atoms with Gasteiger partial charge in [-0.05, 0) is 31.6 Å². The molecule has 0 aliphatic carbocycles. The van der Waals surface area contributed by atoms with Crippen LogP contribution in [0.3, 0.4) is 0 Å². The number of hydrogen-bond acceptors (Lipinski definition) is 8. The summed E-state index contributed by atoms with van der Waals surface area (Å²) in [6.07, 6.45) is 4.96. The number of carbonyl (C=O) groups is 1. The van der Waals surface area contributed by atoms with Gasteiger partial charge < -0.3 is 4.74 Å². The van der Waals surface area contributed by atoms with Gasteiger partial charge in [-0.25, -0.2) is 14.8 Å². The molecule has 19 heavy (non-hydrogen) atoms. The van der Waals surface area contributed by atoms with Crippen molar-refractivity contribution < 1.29 is 9.53 Å². The van der Waals surface area contributed by atoms with E-state index in [1.54, 1.807) is 26.2 Å². The predicted molar refractivity (Wildman–Crippen MR) is 73.3 cm³/mol. The molecular formula is C11H12N4O2S2. The van der Waals surface area contributed by atoms with Crippen LogP contribution in [0.5, 0.6) is 0 Å². The molecule has 2 rings (SSSR count). The lowest BCUT2D eigenvalue weighted by molar-refractivity contribution is 0.0384. The highest BCUT2D eigenvalue weighted by atomic mass is 32.2. The number of thioether (sulfide) groups is 1. The van der Waals surface area contributed by atoms with Crippen LogP contribution in [0.15, 0.2) is 17.6 Å². The molecule has 0 aromatic carbocycles. The van der Waals surface area contributed by atoms with Crippen LogP contribution >= 0.6 is 23.3 Å². The zero-order valence-corrected chi connectivity index (χ0v) is 12.3. The first-order valence-corrected chi connectivity index (χ1v) is 7.51. The first kappa shape index (κ1) is 13.9. The van der Waals surface area contributed by atoms with Crippen LogP contribution < -0.4 is 0 Å². The lowest BCUT2D eigenvalue weighted by Gasteiger charge is -2.06. The van der Waals surface area contributed by atoms with E-state index in [1.807, 2.05) is 6.26 Å². The Bertz CT molecular complexity index is 568. The summed E-state index contributed by atoms with van der Waals surface area (Å²) < 4.78 is 8.95. The van der Waals surface area contributed by atoms with E-state index < -0.39 is 5.97 Å². The molecule has 0 atom stereocenters. The zero-order chi connectivity index (χ0) is 13.8. The van der Waals surface area contributed by atoms with E-state index >= 15 is 0 Å². The second-order valence-electron chi connectivity index (χ2n) is 3.86. The minimum Gasteiger partial charge on any atom is -0.459 e. The van der Waals surface area contributed by atoms with Gasteiger partial charge >= 0.3 is 5.97 Å². The van der Waals surface area contributed by atoms with Crippen LogP contribution in [0.4, 0.5) is 0 Å². The fourth-order valence-electron chi connectivity index (χ4n) is 1.32. The predicted octanol–water partition coefficient (Wildman–Crippen LogP) is 2.28. The first-order chi connectivity index (χ1) is 9.11. The van der Waals surface area contributed by atoms with E-state index in [0.29, 0.717) is 21.3 Å². The Kier molecular flexibility index (Phi) is 4.43. The standard InChI is InChI=1S/C11H12N4O2S2/c1-6(2)17-10(16)9-8(14-15-19-9)7-4-12-11(18-3)13-5-7/h4-6H,1-3H3. The van der Waals surface area contributed by atoms with Gasteiger partial charge in [-0.3, -0.25) is 0 Å². The molecule has 0 saturated carbocycles. The number of carbonyl (C=O) groups excluding carboxylic acids is 1. The molecule has 0 spiro atoms. The Morgan fingerprint density at radius 1 is 1.37 bits per heavy atom. The van der Waals surface area contributed by atoms with Crippen molar-refractivity contribution in [2.45, 2.75) is 25.1 Å². The highest BCUT2D eigenvalue weighted by Crippen LogP contribution is 2.24. The molecule has 6 nitrogen and oxygen atoms in total. The highest BCUT2D eigenvalue weighted by Gasteiger charge is 2.20. The van der Waals surface area contributed by atoms with Gasteiger partial charge in [0.25, 0.3) is 0 Å². The van der Waals surface area contributed by atoms with Crippen LogP contribution in [0.1, 0.15) is 23.5 Å². The molecule has 100 valence electrons. The van der Waals surface area contributed by atoms with Crippen LogP contribution in [-0.2, 0) is 4.74 Å². The molecule has 0 fully saturated rings. The van der Waals surface area contributed by atoms with Crippen molar-refractivity contribution in [3.05, 3.63) is 17.3 Å². The summed E-state index contributed by atoms with van der Waals surface area (Å²) in [5, 5.41) is 4.62. The van der Waals surface area contributed by atoms with Gasteiger partial charge in [-0.2, -0.15) is 0 Å². The summed E-state index contributed by atoms with van der Waals surface area (Å²) in [4.78, 5) is 20.6. The molecule has 0 saturated heterocycles. The average Bonchev–Trinajstić information content (AvgIpc) is 2.87. The molecule has 0 amide bonds. The first-order valence-electron chi connectivity index (χ1n) is 5.51. The summed E-state index contributed by atoms with van der Waals surface area (Å²) in [5.74, 6) is -0.422. The topological polar surface area (TPSA) is 77.9 Å². The summed E-state index contributed by atoms with van der Waals surface area (Å²) >= 11 is 2.45. The van der Waals surface area contributed by atoms with Gasteiger partial charge in [0, 0.05) is 18.0 Å². The van der Waals surface area contributed by atoms with Gasteiger partial charge in [0.2, 0.25) is 0 Å². The lowest BCUT2D eigenvalue weighted by Crippen LogP contribution is -2.11. The molecule has 0 aliphatic rings. The Balaban J connectivity index is 2.30. The van der Waals surface area contributed by atoms with Gasteiger partial charge in [0.05, 0.1) is 6.10 Å². The van der Waals surface area contributed by atoms with Crippen LogP contribution in [0, 0.1) is 0 Å². The molecule has 0 unspecified atom stereocenters. The van der Waals surface area contributed by atoms with Crippen molar-refractivity contribution in [2.24, 2.45) is 0 Å². The lowest BCUT2D eigenvalue weighted by atomic mass is 10.2. The molecule has 2 heterocycles. The van der Waals surface area contributed by atoms with E-state index in [2.05, 4.69) is 19.6 Å². The SMILES string of the molecule is CSc1ncc(-c2nnsc2C(=O)OC(C)C)cn1. The molecule has 2 aromatic heterocycles. The molecular weight excluding hydrogens is 284 g/mol. The van der Waals surface area contributed by atoms with Crippen molar-refractivity contribution >= 4 is 29.3 Å². The minimum atomic E-state index is -0.422. The van der Waals surface area contributed by atoms with E-state index in [-0.39, 0.29) is 6.10 Å². The van der Waals surface area contributed by atoms with Crippen molar-refractivity contribution in [3.8, 4) is 11.3 Å². The van der Waals surface area contributed by atoms with E-state index in [4.69, 9.17) is 4.74 Å². The minimum absolute atomic E-state index is 0.183. The van der Waals surface area contributed by atoms with Crippen molar-refractivity contribution in [2.75, 3.05) is 6.26 Å². The maximum Gasteiger partial charge on any atom is 0.352 e. The Morgan fingerprint density at radius 3 is 2.63 bits per heavy atom. The molecule has 0 radical (unpaired) electrons. The van der Waals surface area contributed by atoms with Gasteiger partial charge in [0.15, 0.2) is 10.0 Å². The number of ether oxygens (including phenoxy) is 1. The highest BCUT2D eigenvalue weighted by molar-refractivity contribution is 7.98. The van der Waals surface area contributed by atoms with E-state index in [0.717, 1.165) is 11.5 Å². The number of esters is 1. The third-order valence-electron chi connectivity index (χ3n) is 2.10. The van der Waals surface area contributed by atoms with Gasteiger partial charge in [-0.1, -0.05) is 16.3 Å². The van der Waals surface area contributed by atoms with Gasteiger partial charge in [0.1, 0.15) is 5.69 Å². The number of rotatable bonds is 4. The third kappa shape index (κ3) is 3.27. The number of hydrogen-bond donors (Lipinski definition) is 0. The molecule has 0 N–H and O–H groups in total. The van der Waals surface area contributed by atoms with E-state index in [1.165, 1.54) is 11.8 Å². The molecule has 0 aliphatic heterocycles. The Labute approximate surface area is 118 Å². The summed E-state index contributed by atoms with van der Waals surface area (Å²) in [6, 6.07) is 0. The van der Waals surface area contributed by atoms with Crippen LogP contribution in [-0.4, -0.2) is 37.9 Å². The zero-order valence-electron chi connectivity index (χ0n) is 10.7. The number of aromatic nitrogens is 4. The molecule has 8 heteroatoms. The third-order valence-corrected chi connectivity index (χ3v) is 3.38. The van der Waals surface area contributed by atoms with Crippen LogP contribution in [0.25, 0.3) is 11.3 Å². The fourth-order valence-corrected chi connectivity index (χ4v) is 2.21. The molecule has 2 aromatic rings. The molecule has 0 bridgehead atoms. The van der Waals surface area contributed by atoms with Crippen molar-refractivity contribution in [3.63, 3.8) is 0 Å². The van der Waals surface area contributed by atoms with Crippen LogP contribution in [0.2, 0.25) is 0 Å². The second kappa shape index (κ2) is 6.07. The monoisotopic (exact) mass is 296 g/mol. The maximum atomic E-state index is 11.9. The Morgan fingerprint density at radius 2 is 2.05 bits per heavy atom.